The zero-order valence-corrected chi connectivity index (χ0v) is 10.2. The van der Waals surface area contributed by atoms with Crippen LogP contribution in [0.5, 0.6) is 0 Å². The number of benzene rings is 1. The molecule has 0 unspecified atom stereocenters. The van der Waals surface area contributed by atoms with Crippen molar-refractivity contribution in [2.45, 2.75) is 13.8 Å². The fourth-order valence-electron chi connectivity index (χ4n) is 1.90. The minimum absolute atomic E-state index is 0.678. The van der Waals surface area contributed by atoms with Crippen molar-refractivity contribution in [1.29, 1.82) is 0 Å². The first-order valence-corrected chi connectivity index (χ1v) is 5.73. The third-order valence-electron chi connectivity index (χ3n) is 2.69. The Morgan fingerprint density at radius 3 is 2.89 bits per heavy atom. The van der Waals surface area contributed by atoms with E-state index in [9.17, 15) is 0 Å². The van der Waals surface area contributed by atoms with Crippen molar-refractivity contribution in [3.63, 3.8) is 0 Å². The molecular weight excluding hydrogens is 226 g/mol. The number of aromatic nitrogens is 4. The van der Waals surface area contributed by atoms with Gasteiger partial charge in [-0.2, -0.15) is 0 Å². The Labute approximate surface area is 104 Å². The average molecular weight is 239 g/mol. The Bertz CT molecular complexity index is 701. The van der Waals surface area contributed by atoms with Gasteiger partial charge in [-0.25, -0.2) is 15.0 Å². The summed E-state index contributed by atoms with van der Waals surface area (Å²) in [5.41, 5.74) is 3.71. The molecule has 0 saturated heterocycles. The maximum atomic E-state index is 4.29. The first-order valence-electron chi connectivity index (χ1n) is 5.73. The molecule has 3 rings (SSSR count). The monoisotopic (exact) mass is 239 g/mol. The van der Waals surface area contributed by atoms with Crippen molar-refractivity contribution in [3.05, 3.63) is 42.0 Å². The van der Waals surface area contributed by atoms with E-state index in [0.717, 1.165) is 22.8 Å². The van der Waals surface area contributed by atoms with Crippen LogP contribution in [-0.2, 0) is 0 Å². The van der Waals surface area contributed by atoms with Crippen molar-refractivity contribution in [1.82, 2.24) is 19.9 Å². The Kier molecular flexibility index (Phi) is 2.44. The van der Waals surface area contributed by atoms with Gasteiger partial charge < -0.3 is 10.3 Å². The first-order chi connectivity index (χ1) is 8.72. The molecule has 5 nitrogen and oxygen atoms in total. The molecule has 0 fully saturated rings. The fraction of sp³-hybridized carbons (Fsp3) is 0.154. The van der Waals surface area contributed by atoms with Crippen LogP contribution in [0.15, 0.2) is 30.6 Å². The highest BCUT2D eigenvalue weighted by atomic mass is 15.1. The molecule has 90 valence electrons. The highest BCUT2D eigenvalue weighted by molar-refractivity contribution is 5.84. The summed E-state index contributed by atoms with van der Waals surface area (Å²) in [5.74, 6) is 1.57. The van der Waals surface area contributed by atoms with Crippen molar-refractivity contribution in [3.8, 4) is 0 Å². The van der Waals surface area contributed by atoms with E-state index in [0.29, 0.717) is 5.65 Å². The fourth-order valence-corrected chi connectivity index (χ4v) is 1.90. The molecular formula is C13H13N5. The summed E-state index contributed by atoms with van der Waals surface area (Å²) < 4.78 is 0. The molecule has 0 atom stereocenters. The number of imidazole rings is 1. The van der Waals surface area contributed by atoms with E-state index in [1.807, 2.05) is 19.1 Å². The van der Waals surface area contributed by atoms with E-state index in [4.69, 9.17) is 0 Å². The van der Waals surface area contributed by atoms with Crippen LogP contribution < -0.4 is 5.32 Å². The van der Waals surface area contributed by atoms with Crippen LogP contribution in [0.3, 0.4) is 0 Å². The Hall–Kier alpha value is -2.43. The molecule has 3 aromatic rings. The quantitative estimate of drug-likeness (QED) is 0.721. The topological polar surface area (TPSA) is 66.5 Å². The standard InChI is InChI=1S/C13H13N5/c1-8-4-3-5-10(6-8)18-13-11-12(14-7-15-13)17-9(2)16-11/h3-7H,1-2H3,(H2,14,15,16,17,18). The number of nitrogens with one attached hydrogen (secondary N) is 2. The molecule has 5 heteroatoms. The summed E-state index contributed by atoms with van der Waals surface area (Å²) in [6.07, 6.45) is 1.51. The van der Waals surface area contributed by atoms with Crippen molar-refractivity contribution < 1.29 is 0 Å². The number of hydrogen-bond donors (Lipinski definition) is 2. The van der Waals surface area contributed by atoms with Gasteiger partial charge in [0, 0.05) is 5.69 Å². The number of fused-ring (bicyclic) bond motifs is 1. The zero-order valence-electron chi connectivity index (χ0n) is 10.2. The van der Waals surface area contributed by atoms with Gasteiger partial charge in [-0.1, -0.05) is 12.1 Å². The molecule has 0 amide bonds. The molecule has 18 heavy (non-hydrogen) atoms. The Morgan fingerprint density at radius 1 is 1.17 bits per heavy atom. The average Bonchev–Trinajstić information content (AvgIpc) is 2.71. The number of aryl methyl sites for hydroxylation is 2. The van der Waals surface area contributed by atoms with E-state index < -0.39 is 0 Å². The van der Waals surface area contributed by atoms with Crippen molar-refractivity contribution >= 4 is 22.7 Å². The number of hydrogen-bond acceptors (Lipinski definition) is 4. The Morgan fingerprint density at radius 2 is 2.06 bits per heavy atom. The number of aromatic amines is 1. The molecule has 2 heterocycles. The lowest BCUT2D eigenvalue weighted by atomic mass is 10.2. The lowest BCUT2D eigenvalue weighted by Gasteiger charge is -2.06. The summed E-state index contributed by atoms with van der Waals surface area (Å²) in [6.45, 7) is 3.96. The number of nitrogens with zero attached hydrogens (tertiary/aromatic N) is 3. The van der Waals surface area contributed by atoms with E-state index in [1.165, 1.54) is 11.9 Å². The molecule has 0 radical (unpaired) electrons. The van der Waals surface area contributed by atoms with E-state index >= 15 is 0 Å². The number of rotatable bonds is 2. The van der Waals surface area contributed by atoms with Crippen LogP contribution in [0.1, 0.15) is 11.4 Å². The largest absolute Gasteiger partial charge is 0.338 e. The molecule has 0 spiro atoms. The van der Waals surface area contributed by atoms with Crippen LogP contribution >= 0.6 is 0 Å². The molecule has 0 bridgehead atoms. The summed E-state index contributed by atoms with van der Waals surface area (Å²) >= 11 is 0. The van der Waals surface area contributed by atoms with Gasteiger partial charge in [0.05, 0.1) is 0 Å². The molecule has 0 aliphatic carbocycles. The lowest BCUT2D eigenvalue weighted by Crippen LogP contribution is -1.95. The zero-order chi connectivity index (χ0) is 12.5. The smallest absolute Gasteiger partial charge is 0.183 e. The molecule has 0 aliphatic rings. The van der Waals surface area contributed by atoms with Crippen LogP contribution in [0, 0.1) is 13.8 Å². The summed E-state index contributed by atoms with van der Waals surface area (Å²) in [5, 5.41) is 3.28. The van der Waals surface area contributed by atoms with Gasteiger partial charge in [-0.3, -0.25) is 0 Å². The van der Waals surface area contributed by atoms with E-state index in [2.05, 4.69) is 44.3 Å². The van der Waals surface area contributed by atoms with Crippen LogP contribution in [0.2, 0.25) is 0 Å². The predicted octanol–water partition coefficient (Wildman–Crippen LogP) is 2.71. The molecule has 2 aromatic heterocycles. The molecule has 0 aliphatic heterocycles. The number of H-pyrrole nitrogens is 1. The minimum atomic E-state index is 0.678. The van der Waals surface area contributed by atoms with Gasteiger partial charge in [0.25, 0.3) is 0 Å². The molecule has 2 N–H and O–H groups in total. The normalized spacial score (nSPS) is 10.8. The second kappa shape index (κ2) is 4.10. The maximum absolute atomic E-state index is 4.29. The minimum Gasteiger partial charge on any atom is -0.338 e. The van der Waals surface area contributed by atoms with Gasteiger partial charge in [-0.05, 0) is 31.5 Å². The second-order valence-corrected chi connectivity index (χ2v) is 4.24. The Balaban J connectivity index is 2.04. The number of anilines is 2. The highest BCUT2D eigenvalue weighted by Gasteiger charge is 2.07. The second-order valence-electron chi connectivity index (χ2n) is 4.24. The highest BCUT2D eigenvalue weighted by Crippen LogP contribution is 2.21. The maximum Gasteiger partial charge on any atom is 0.183 e. The summed E-state index contributed by atoms with van der Waals surface area (Å²) in [7, 11) is 0. The van der Waals surface area contributed by atoms with Gasteiger partial charge >= 0.3 is 0 Å². The van der Waals surface area contributed by atoms with Gasteiger partial charge in [-0.15, -0.1) is 0 Å². The third kappa shape index (κ3) is 1.90. The van der Waals surface area contributed by atoms with Crippen LogP contribution in [-0.4, -0.2) is 19.9 Å². The van der Waals surface area contributed by atoms with Crippen LogP contribution in [0.4, 0.5) is 11.5 Å². The summed E-state index contributed by atoms with van der Waals surface area (Å²) in [6, 6.07) is 8.14. The van der Waals surface area contributed by atoms with Gasteiger partial charge in [0.1, 0.15) is 17.7 Å². The first kappa shape index (κ1) is 10.7. The van der Waals surface area contributed by atoms with Crippen molar-refractivity contribution in [2.24, 2.45) is 0 Å². The van der Waals surface area contributed by atoms with Crippen molar-refractivity contribution in [2.75, 3.05) is 5.32 Å². The lowest BCUT2D eigenvalue weighted by molar-refractivity contribution is 1.16. The molecule has 1 aromatic carbocycles. The van der Waals surface area contributed by atoms with Gasteiger partial charge in [0.15, 0.2) is 11.5 Å². The van der Waals surface area contributed by atoms with E-state index in [-0.39, 0.29) is 0 Å². The SMILES string of the molecule is Cc1cccc(Nc2ncnc3nc(C)[nH]c23)c1. The van der Waals surface area contributed by atoms with E-state index in [1.54, 1.807) is 0 Å². The summed E-state index contributed by atoms with van der Waals surface area (Å²) in [4.78, 5) is 15.8. The predicted molar refractivity (Wildman–Crippen MR) is 70.9 cm³/mol. The third-order valence-corrected chi connectivity index (χ3v) is 2.69. The molecule has 0 saturated carbocycles. The van der Waals surface area contributed by atoms with Crippen LogP contribution in [0.25, 0.3) is 11.2 Å². The van der Waals surface area contributed by atoms with Gasteiger partial charge in [0.2, 0.25) is 0 Å².